The highest BCUT2D eigenvalue weighted by atomic mass is 15.5. The number of piperazine rings is 1. The van der Waals surface area contributed by atoms with E-state index in [1.807, 2.05) is 25.5 Å². The summed E-state index contributed by atoms with van der Waals surface area (Å²) in [5, 5.41) is 6.77. The Hall–Kier alpha value is -2.07. The van der Waals surface area contributed by atoms with Gasteiger partial charge in [-0.3, -0.25) is 9.91 Å². The molecule has 2 aromatic rings. The van der Waals surface area contributed by atoms with Crippen molar-refractivity contribution in [3.05, 3.63) is 59.4 Å². The van der Waals surface area contributed by atoms with E-state index >= 15 is 0 Å². The SMILES string of the molecule is Cc1ccc(CN2CCN(N=Cc3cccn3C)CC2)cc1. The number of hydrazone groups is 1. The molecule has 4 nitrogen and oxygen atoms in total. The van der Waals surface area contributed by atoms with Gasteiger partial charge >= 0.3 is 0 Å². The van der Waals surface area contributed by atoms with Gasteiger partial charge in [0.1, 0.15) is 0 Å². The van der Waals surface area contributed by atoms with Crippen LogP contribution in [0.4, 0.5) is 0 Å². The molecule has 0 atom stereocenters. The number of benzene rings is 1. The summed E-state index contributed by atoms with van der Waals surface area (Å²) in [5.41, 5.74) is 3.86. The fourth-order valence-electron chi connectivity index (χ4n) is 2.71. The lowest BCUT2D eigenvalue weighted by Gasteiger charge is -2.33. The van der Waals surface area contributed by atoms with E-state index in [1.165, 1.54) is 11.1 Å². The fraction of sp³-hybridized carbons (Fsp3) is 0.389. The Kier molecular flexibility index (Phi) is 4.59. The zero-order valence-corrected chi connectivity index (χ0v) is 13.4. The first-order valence-corrected chi connectivity index (χ1v) is 7.89. The van der Waals surface area contributed by atoms with Crippen LogP contribution >= 0.6 is 0 Å². The van der Waals surface area contributed by atoms with Gasteiger partial charge in [-0.2, -0.15) is 5.10 Å². The Morgan fingerprint density at radius 1 is 1.05 bits per heavy atom. The minimum atomic E-state index is 0.993. The van der Waals surface area contributed by atoms with Gasteiger partial charge in [0.15, 0.2) is 0 Å². The molecule has 0 bridgehead atoms. The number of rotatable bonds is 4. The van der Waals surface area contributed by atoms with Gasteiger partial charge in [0.05, 0.1) is 11.9 Å². The van der Waals surface area contributed by atoms with E-state index in [4.69, 9.17) is 0 Å². The smallest absolute Gasteiger partial charge is 0.0707 e. The molecular formula is C18H24N4. The zero-order valence-electron chi connectivity index (χ0n) is 13.4. The fourth-order valence-corrected chi connectivity index (χ4v) is 2.71. The standard InChI is InChI=1S/C18H24N4/c1-16-5-7-17(8-6-16)15-21-10-12-22(13-11-21)19-14-18-4-3-9-20(18)2/h3-9,14H,10-13,15H2,1-2H3. The lowest BCUT2D eigenvalue weighted by atomic mass is 10.1. The summed E-state index contributed by atoms with van der Waals surface area (Å²) in [6, 6.07) is 13.0. The Morgan fingerprint density at radius 3 is 2.41 bits per heavy atom. The molecule has 1 aromatic heterocycles. The number of aromatic nitrogens is 1. The van der Waals surface area contributed by atoms with Gasteiger partial charge in [-0.1, -0.05) is 29.8 Å². The van der Waals surface area contributed by atoms with Crippen molar-refractivity contribution in [3.63, 3.8) is 0 Å². The Morgan fingerprint density at radius 2 is 1.77 bits per heavy atom. The first-order valence-electron chi connectivity index (χ1n) is 7.89. The monoisotopic (exact) mass is 296 g/mol. The van der Waals surface area contributed by atoms with Crippen LogP contribution in [0.25, 0.3) is 0 Å². The first kappa shape index (κ1) is 14.9. The van der Waals surface area contributed by atoms with Crippen LogP contribution in [-0.2, 0) is 13.6 Å². The molecule has 0 N–H and O–H groups in total. The number of aryl methyl sites for hydroxylation is 2. The molecular weight excluding hydrogens is 272 g/mol. The molecule has 116 valence electrons. The molecule has 1 saturated heterocycles. The maximum absolute atomic E-state index is 4.60. The van der Waals surface area contributed by atoms with Crippen LogP contribution < -0.4 is 0 Å². The zero-order chi connectivity index (χ0) is 15.4. The quantitative estimate of drug-likeness (QED) is 0.809. The van der Waals surface area contributed by atoms with E-state index in [9.17, 15) is 0 Å². The second kappa shape index (κ2) is 6.79. The van der Waals surface area contributed by atoms with E-state index in [1.54, 1.807) is 0 Å². The summed E-state index contributed by atoms with van der Waals surface area (Å²) in [4.78, 5) is 2.50. The van der Waals surface area contributed by atoms with Crippen molar-refractivity contribution < 1.29 is 0 Å². The van der Waals surface area contributed by atoms with E-state index in [0.29, 0.717) is 0 Å². The molecule has 1 aromatic carbocycles. The van der Waals surface area contributed by atoms with Crippen LogP contribution in [-0.4, -0.2) is 46.9 Å². The number of hydrogen-bond acceptors (Lipinski definition) is 3. The van der Waals surface area contributed by atoms with E-state index in [-0.39, 0.29) is 0 Å². The molecule has 2 heterocycles. The molecule has 0 spiro atoms. The largest absolute Gasteiger partial charge is 0.350 e. The Balaban J connectivity index is 1.49. The third-order valence-electron chi connectivity index (χ3n) is 4.21. The molecule has 1 aliphatic rings. The molecule has 1 aliphatic heterocycles. The molecule has 22 heavy (non-hydrogen) atoms. The topological polar surface area (TPSA) is 23.8 Å². The molecule has 0 amide bonds. The van der Waals surface area contributed by atoms with Gasteiger partial charge < -0.3 is 4.57 Å². The van der Waals surface area contributed by atoms with Crippen LogP contribution in [0.1, 0.15) is 16.8 Å². The van der Waals surface area contributed by atoms with Crippen LogP contribution in [0.15, 0.2) is 47.7 Å². The van der Waals surface area contributed by atoms with Crippen molar-refractivity contribution in [3.8, 4) is 0 Å². The maximum atomic E-state index is 4.60. The van der Waals surface area contributed by atoms with Crippen molar-refractivity contribution >= 4 is 6.21 Å². The van der Waals surface area contributed by atoms with Crippen molar-refractivity contribution in [2.75, 3.05) is 26.2 Å². The van der Waals surface area contributed by atoms with E-state index < -0.39 is 0 Å². The molecule has 0 unspecified atom stereocenters. The van der Waals surface area contributed by atoms with E-state index in [2.05, 4.69) is 56.8 Å². The highest BCUT2D eigenvalue weighted by molar-refractivity contribution is 5.77. The number of hydrogen-bond donors (Lipinski definition) is 0. The van der Waals surface area contributed by atoms with Crippen molar-refractivity contribution in [2.24, 2.45) is 12.1 Å². The van der Waals surface area contributed by atoms with Gasteiger partial charge in [0.25, 0.3) is 0 Å². The van der Waals surface area contributed by atoms with Crippen LogP contribution in [0, 0.1) is 6.92 Å². The van der Waals surface area contributed by atoms with Crippen LogP contribution in [0.5, 0.6) is 0 Å². The maximum Gasteiger partial charge on any atom is 0.0707 e. The average Bonchev–Trinajstić information content (AvgIpc) is 2.94. The van der Waals surface area contributed by atoms with Crippen molar-refractivity contribution in [2.45, 2.75) is 13.5 Å². The van der Waals surface area contributed by atoms with E-state index in [0.717, 1.165) is 38.4 Å². The number of nitrogens with zero attached hydrogens (tertiary/aromatic N) is 4. The molecule has 0 radical (unpaired) electrons. The minimum absolute atomic E-state index is 0.993. The average molecular weight is 296 g/mol. The Bertz CT molecular complexity index is 619. The highest BCUT2D eigenvalue weighted by Gasteiger charge is 2.15. The lowest BCUT2D eigenvalue weighted by Crippen LogP contribution is -2.43. The lowest BCUT2D eigenvalue weighted by molar-refractivity contribution is 0.131. The minimum Gasteiger partial charge on any atom is -0.350 e. The predicted molar refractivity (Wildman–Crippen MR) is 91.0 cm³/mol. The molecule has 4 heteroatoms. The summed E-state index contributed by atoms with van der Waals surface area (Å²) >= 11 is 0. The highest BCUT2D eigenvalue weighted by Crippen LogP contribution is 2.10. The summed E-state index contributed by atoms with van der Waals surface area (Å²) in [6.07, 6.45) is 4.00. The summed E-state index contributed by atoms with van der Waals surface area (Å²) in [5.74, 6) is 0. The van der Waals surface area contributed by atoms with Gasteiger partial charge in [-0.15, -0.1) is 0 Å². The third kappa shape index (κ3) is 3.77. The summed E-state index contributed by atoms with van der Waals surface area (Å²) in [6.45, 7) is 7.29. The van der Waals surface area contributed by atoms with Gasteiger partial charge in [-0.25, -0.2) is 0 Å². The predicted octanol–water partition coefficient (Wildman–Crippen LogP) is 2.49. The second-order valence-electron chi connectivity index (χ2n) is 6.00. The molecule has 0 aliphatic carbocycles. The second-order valence-corrected chi connectivity index (χ2v) is 6.00. The summed E-state index contributed by atoms with van der Waals surface area (Å²) < 4.78 is 2.08. The van der Waals surface area contributed by atoms with Crippen LogP contribution in [0.3, 0.4) is 0 Å². The molecule has 0 saturated carbocycles. The summed E-state index contributed by atoms with van der Waals surface area (Å²) in [7, 11) is 2.04. The van der Waals surface area contributed by atoms with Gasteiger partial charge in [0.2, 0.25) is 0 Å². The molecule has 1 fully saturated rings. The van der Waals surface area contributed by atoms with Crippen LogP contribution in [0.2, 0.25) is 0 Å². The van der Waals surface area contributed by atoms with Crippen molar-refractivity contribution in [1.29, 1.82) is 0 Å². The normalized spacial score (nSPS) is 16.5. The van der Waals surface area contributed by atoms with Gasteiger partial charge in [-0.05, 0) is 24.6 Å². The Labute approximate surface area is 132 Å². The first-order chi connectivity index (χ1) is 10.7. The van der Waals surface area contributed by atoms with Gasteiger partial charge in [0, 0.05) is 46.0 Å². The van der Waals surface area contributed by atoms with Crippen molar-refractivity contribution in [1.82, 2.24) is 14.5 Å². The molecule has 3 rings (SSSR count). The third-order valence-corrected chi connectivity index (χ3v) is 4.21.